The minimum Gasteiger partial charge on any atom is -0.467 e. The highest BCUT2D eigenvalue weighted by Gasteiger charge is 2.24. The van der Waals surface area contributed by atoms with Crippen LogP contribution in [0.1, 0.15) is 44.9 Å². The normalized spacial score (nSPS) is 14.3. The Hall–Kier alpha value is -3.54. The third kappa shape index (κ3) is 5.15. The lowest BCUT2D eigenvalue weighted by Gasteiger charge is -2.35. The van der Waals surface area contributed by atoms with Crippen LogP contribution in [-0.4, -0.2) is 30.9 Å². The average Bonchev–Trinajstić information content (AvgIpc) is 3.32. The van der Waals surface area contributed by atoms with Gasteiger partial charge in [-0.2, -0.15) is 0 Å². The Kier molecular flexibility index (Phi) is 6.36. The van der Waals surface area contributed by atoms with Crippen molar-refractivity contribution in [2.45, 2.75) is 32.4 Å². The molecule has 2 heterocycles. The third-order valence-electron chi connectivity index (χ3n) is 5.64. The summed E-state index contributed by atoms with van der Waals surface area (Å²) >= 11 is 0. The van der Waals surface area contributed by atoms with Gasteiger partial charge in [-0.1, -0.05) is 29.8 Å². The minimum absolute atomic E-state index is 0.0313. The molecule has 1 fully saturated rings. The van der Waals surface area contributed by atoms with Crippen LogP contribution in [0.25, 0.3) is 0 Å². The number of hydrogen-bond acceptors (Lipinski definition) is 4. The molecule has 0 unspecified atom stereocenters. The zero-order valence-electron chi connectivity index (χ0n) is 17.6. The molecule has 6 nitrogen and oxygen atoms in total. The van der Waals surface area contributed by atoms with Crippen LogP contribution in [0.3, 0.4) is 0 Å². The molecule has 0 bridgehead atoms. The molecule has 1 aliphatic rings. The summed E-state index contributed by atoms with van der Waals surface area (Å²) in [6, 6.07) is 19.0. The number of benzene rings is 2. The van der Waals surface area contributed by atoms with Crippen molar-refractivity contribution in [1.82, 2.24) is 10.6 Å². The van der Waals surface area contributed by atoms with Crippen LogP contribution in [0, 0.1) is 6.92 Å². The van der Waals surface area contributed by atoms with E-state index in [1.165, 1.54) is 0 Å². The number of nitrogens with one attached hydrogen (secondary N) is 2. The largest absolute Gasteiger partial charge is 0.467 e. The molecule has 160 valence electrons. The van der Waals surface area contributed by atoms with Crippen LogP contribution in [-0.2, 0) is 6.54 Å². The highest BCUT2D eigenvalue weighted by Crippen LogP contribution is 2.24. The Labute approximate surface area is 182 Å². The Morgan fingerprint density at radius 3 is 2.42 bits per heavy atom. The summed E-state index contributed by atoms with van der Waals surface area (Å²) in [4.78, 5) is 27.5. The van der Waals surface area contributed by atoms with Crippen LogP contribution in [0.5, 0.6) is 0 Å². The Morgan fingerprint density at radius 2 is 1.71 bits per heavy atom. The quantitative estimate of drug-likeness (QED) is 0.638. The molecule has 0 saturated carbocycles. The third-order valence-corrected chi connectivity index (χ3v) is 5.64. The smallest absolute Gasteiger partial charge is 0.253 e. The molecule has 0 aliphatic carbocycles. The van der Waals surface area contributed by atoms with Crippen molar-refractivity contribution in [3.63, 3.8) is 0 Å². The van der Waals surface area contributed by atoms with Crippen LogP contribution in [0.4, 0.5) is 5.69 Å². The van der Waals surface area contributed by atoms with Crippen LogP contribution in [0.15, 0.2) is 71.3 Å². The molecule has 0 radical (unpaired) electrons. The first-order valence-electron chi connectivity index (χ1n) is 10.6. The van der Waals surface area contributed by atoms with Gasteiger partial charge in [0, 0.05) is 30.4 Å². The summed E-state index contributed by atoms with van der Waals surface area (Å²) in [5.41, 5.74) is 3.39. The van der Waals surface area contributed by atoms with E-state index < -0.39 is 0 Å². The molecule has 2 N–H and O–H groups in total. The minimum atomic E-state index is -0.123. The van der Waals surface area contributed by atoms with E-state index >= 15 is 0 Å². The van der Waals surface area contributed by atoms with E-state index in [4.69, 9.17) is 4.42 Å². The lowest BCUT2D eigenvalue weighted by Crippen LogP contribution is -2.45. The van der Waals surface area contributed by atoms with Gasteiger partial charge in [-0.25, -0.2) is 0 Å². The zero-order valence-corrected chi connectivity index (χ0v) is 17.6. The molecular weight excluding hydrogens is 390 g/mol. The van der Waals surface area contributed by atoms with E-state index in [0.29, 0.717) is 17.7 Å². The van der Waals surface area contributed by atoms with E-state index in [1.807, 2.05) is 61.5 Å². The van der Waals surface area contributed by atoms with Crippen molar-refractivity contribution in [2.75, 3.05) is 18.0 Å². The number of furan rings is 1. The molecule has 6 heteroatoms. The van der Waals surface area contributed by atoms with Crippen molar-refractivity contribution in [2.24, 2.45) is 0 Å². The predicted molar refractivity (Wildman–Crippen MR) is 120 cm³/mol. The maximum Gasteiger partial charge on any atom is 0.253 e. The van der Waals surface area contributed by atoms with Crippen molar-refractivity contribution in [1.29, 1.82) is 0 Å². The van der Waals surface area contributed by atoms with E-state index in [-0.39, 0.29) is 17.9 Å². The number of rotatable bonds is 6. The Bertz CT molecular complexity index is 1020. The van der Waals surface area contributed by atoms with Crippen molar-refractivity contribution >= 4 is 17.5 Å². The molecule has 4 rings (SSSR count). The lowest BCUT2D eigenvalue weighted by molar-refractivity contribution is 0.0929. The van der Waals surface area contributed by atoms with Crippen molar-refractivity contribution in [3.8, 4) is 0 Å². The van der Waals surface area contributed by atoms with Crippen molar-refractivity contribution in [3.05, 3.63) is 89.4 Å². The second-order valence-electron chi connectivity index (χ2n) is 7.88. The van der Waals surface area contributed by atoms with Gasteiger partial charge in [0.15, 0.2) is 0 Å². The SMILES string of the molecule is Cc1ccc(C(=O)NC2CCN(c3ccccc3C(=O)NCc3ccco3)CC2)cc1. The topological polar surface area (TPSA) is 74.6 Å². The summed E-state index contributed by atoms with van der Waals surface area (Å²) in [5, 5.41) is 6.07. The van der Waals surface area contributed by atoms with E-state index in [9.17, 15) is 9.59 Å². The van der Waals surface area contributed by atoms with Crippen LogP contribution >= 0.6 is 0 Å². The number of carbonyl (C=O) groups is 2. The number of anilines is 1. The number of carbonyl (C=O) groups excluding carboxylic acids is 2. The molecule has 1 saturated heterocycles. The molecular formula is C25H27N3O3. The molecule has 0 atom stereocenters. The van der Waals surface area contributed by atoms with E-state index in [1.54, 1.807) is 12.3 Å². The Balaban J connectivity index is 1.35. The van der Waals surface area contributed by atoms with Crippen LogP contribution < -0.4 is 15.5 Å². The number of amides is 2. The van der Waals surface area contributed by atoms with Crippen molar-refractivity contribution < 1.29 is 14.0 Å². The average molecular weight is 418 g/mol. The molecule has 31 heavy (non-hydrogen) atoms. The number of piperidine rings is 1. The molecule has 1 aliphatic heterocycles. The first-order chi connectivity index (χ1) is 15.1. The summed E-state index contributed by atoms with van der Waals surface area (Å²) in [6.07, 6.45) is 3.26. The molecule has 2 amide bonds. The van der Waals surface area contributed by atoms with Gasteiger partial charge in [0.05, 0.1) is 18.4 Å². The summed E-state index contributed by atoms with van der Waals surface area (Å²) in [6.45, 7) is 3.92. The fraction of sp³-hybridized carbons (Fsp3) is 0.280. The summed E-state index contributed by atoms with van der Waals surface area (Å²) in [5.74, 6) is 0.564. The molecule has 2 aromatic carbocycles. The van der Waals surface area contributed by atoms with Gasteiger partial charge < -0.3 is 20.0 Å². The highest BCUT2D eigenvalue weighted by molar-refractivity contribution is 5.99. The number of hydrogen-bond donors (Lipinski definition) is 2. The monoisotopic (exact) mass is 417 g/mol. The molecule has 0 spiro atoms. The zero-order chi connectivity index (χ0) is 21.6. The fourth-order valence-electron chi connectivity index (χ4n) is 3.86. The van der Waals surface area contributed by atoms with Gasteiger partial charge in [-0.3, -0.25) is 9.59 Å². The van der Waals surface area contributed by atoms with Gasteiger partial charge in [0.1, 0.15) is 5.76 Å². The predicted octanol–water partition coefficient (Wildman–Crippen LogP) is 3.92. The van der Waals surface area contributed by atoms with Gasteiger partial charge >= 0.3 is 0 Å². The first-order valence-corrected chi connectivity index (χ1v) is 10.6. The summed E-state index contributed by atoms with van der Waals surface area (Å²) < 4.78 is 5.29. The Morgan fingerprint density at radius 1 is 0.968 bits per heavy atom. The maximum atomic E-state index is 12.8. The first kappa shape index (κ1) is 20.7. The maximum absolute atomic E-state index is 12.8. The standard InChI is InChI=1S/C25H27N3O3/c1-18-8-10-19(11-9-18)24(29)27-20-12-14-28(15-13-20)23-7-3-2-6-22(23)25(30)26-17-21-5-4-16-31-21/h2-11,16,20H,12-15,17H2,1H3,(H,26,30)(H,27,29). The number of aryl methyl sites for hydroxylation is 1. The second-order valence-corrected chi connectivity index (χ2v) is 7.88. The number of nitrogens with zero attached hydrogens (tertiary/aromatic N) is 1. The fourth-order valence-corrected chi connectivity index (χ4v) is 3.86. The molecule has 3 aromatic rings. The van der Waals surface area contributed by atoms with Crippen LogP contribution in [0.2, 0.25) is 0 Å². The van der Waals surface area contributed by atoms with Gasteiger partial charge in [0.2, 0.25) is 0 Å². The lowest BCUT2D eigenvalue weighted by atomic mass is 10.0. The van der Waals surface area contributed by atoms with Gasteiger partial charge in [-0.05, 0) is 56.2 Å². The second kappa shape index (κ2) is 9.51. The number of para-hydroxylation sites is 1. The highest BCUT2D eigenvalue weighted by atomic mass is 16.3. The summed E-state index contributed by atoms with van der Waals surface area (Å²) in [7, 11) is 0. The van der Waals surface area contributed by atoms with E-state index in [2.05, 4.69) is 15.5 Å². The van der Waals surface area contributed by atoms with E-state index in [0.717, 1.165) is 42.9 Å². The van der Waals surface area contributed by atoms with Gasteiger partial charge in [0.25, 0.3) is 11.8 Å². The van der Waals surface area contributed by atoms with Gasteiger partial charge in [-0.15, -0.1) is 0 Å². The molecule has 1 aromatic heterocycles.